The third-order valence-electron chi connectivity index (χ3n) is 4.43. The van der Waals surface area contributed by atoms with E-state index in [4.69, 9.17) is 4.74 Å². The van der Waals surface area contributed by atoms with Crippen LogP contribution in [0.1, 0.15) is 24.8 Å². The van der Waals surface area contributed by atoms with Crippen LogP contribution in [0.3, 0.4) is 0 Å². The summed E-state index contributed by atoms with van der Waals surface area (Å²) in [5.41, 5.74) is 0.193. The van der Waals surface area contributed by atoms with Gasteiger partial charge in [-0.25, -0.2) is 0 Å². The largest absolute Gasteiger partial charge is 0.487 e. The standard InChI is InChI=1S/C15H18BrNO3/c1-17-8-11(9-17)20-13-4-3-10(7-12(13)16)15(14(18)19)5-2-6-15/h3-4,7,11H,2,5-6,8-9H2,1H3,(H,18,19). The van der Waals surface area contributed by atoms with Gasteiger partial charge in [0.05, 0.1) is 9.89 Å². The van der Waals surface area contributed by atoms with Crippen molar-refractivity contribution in [2.75, 3.05) is 20.1 Å². The van der Waals surface area contributed by atoms with Crippen LogP contribution >= 0.6 is 15.9 Å². The van der Waals surface area contributed by atoms with Gasteiger partial charge in [-0.05, 0) is 53.5 Å². The first kappa shape index (κ1) is 13.9. The smallest absolute Gasteiger partial charge is 0.314 e. The van der Waals surface area contributed by atoms with Gasteiger partial charge in [-0.2, -0.15) is 0 Å². The highest BCUT2D eigenvalue weighted by molar-refractivity contribution is 9.10. The van der Waals surface area contributed by atoms with Crippen LogP contribution in [0, 0.1) is 0 Å². The van der Waals surface area contributed by atoms with Gasteiger partial charge in [0.2, 0.25) is 0 Å². The molecule has 1 aliphatic carbocycles. The van der Waals surface area contributed by atoms with E-state index in [0.717, 1.165) is 48.1 Å². The molecule has 2 aliphatic rings. The first-order valence-electron chi connectivity index (χ1n) is 6.90. The molecule has 4 nitrogen and oxygen atoms in total. The Balaban J connectivity index is 1.78. The molecular formula is C15H18BrNO3. The fourth-order valence-corrected chi connectivity index (χ4v) is 3.42. The third-order valence-corrected chi connectivity index (χ3v) is 5.04. The zero-order valence-corrected chi connectivity index (χ0v) is 13.0. The quantitative estimate of drug-likeness (QED) is 0.916. The molecule has 1 heterocycles. The molecular weight excluding hydrogens is 322 g/mol. The van der Waals surface area contributed by atoms with E-state index < -0.39 is 11.4 Å². The Morgan fingerprint density at radius 3 is 2.60 bits per heavy atom. The molecule has 0 bridgehead atoms. The predicted octanol–water partition coefficient (Wildman–Crippen LogP) is 2.65. The van der Waals surface area contributed by atoms with E-state index in [9.17, 15) is 9.90 Å². The van der Waals surface area contributed by atoms with Crippen molar-refractivity contribution in [1.29, 1.82) is 0 Å². The summed E-state index contributed by atoms with van der Waals surface area (Å²) in [6.07, 6.45) is 2.67. The minimum absolute atomic E-state index is 0.235. The molecule has 1 aromatic rings. The van der Waals surface area contributed by atoms with E-state index >= 15 is 0 Å². The summed E-state index contributed by atoms with van der Waals surface area (Å²) in [6.45, 7) is 1.88. The molecule has 1 aromatic carbocycles. The molecule has 0 atom stereocenters. The molecule has 0 aromatic heterocycles. The number of likely N-dealkylation sites (N-methyl/N-ethyl adjacent to an activating group) is 1. The van der Waals surface area contributed by atoms with Crippen molar-refractivity contribution >= 4 is 21.9 Å². The fraction of sp³-hybridized carbons (Fsp3) is 0.533. The molecule has 3 rings (SSSR count). The number of halogens is 1. The summed E-state index contributed by atoms with van der Waals surface area (Å²) < 4.78 is 6.74. The molecule has 1 saturated carbocycles. The number of carboxylic acids is 1. The number of carboxylic acid groups (broad SMARTS) is 1. The number of nitrogens with zero attached hydrogens (tertiary/aromatic N) is 1. The lowest BCUT2D eigenvalue weighted by Crippen LogP contribution is -2.51. The Labute approximate surface area is 126 Å². The molecule has 0 radical (unpaired) electrons. The molecule has 1 N–H and O–H groups in total. The predicted molar refractivity (Wildman–Crippen MR) is 79.2 cm³/mol. The number of rotatable bonds is 4. The summed E-state index contributed by atoms with van der Waals surface area (Å²) in [6, 6.07) is 5.70. The average Bonchev–Trinajstić information content (AvgIpc) is 2.28. The van der Waals surface area contributed by atoms with Crippen molar-refractivity contribution < 1.29 is 14.6 Å². The molecule has 5 heteroatoms. The maximum atomic E-state index is 11.5. The molecule has 2 fully saturated rings. The number of aliphatic carboxylic acids is 1. The Bertz CT molecular complexity index is 536. The maximum absolute atomic E-state index is 11.5. The normalized spacial score (nSPS) is 21.9. The Morgan fingerprint density at radius 2 is 2.15 bits per heavy atom. The highest BCUT2D eigenvalue weighted by Crippen LogP contribution is 2.45. The third kappa shape index (κ3) is 2.23. The van der Waals surface area contributed by atoms with Crippen molar-refractivity contribution in [1.82, 2.24) is 4.90 Å². The number of hydrogen-bond acceptors (Lipinski definition) is 3. The summed E-state index contributed by atoms with van der Waals surface area (Å²) in [5, 5.41) is 9.47. The van der Waals surface area contributed by atoms with Crippen molar-refractivity contribution in [2.45, 2.75) is 30.8 Å². The topological polar surface area (TPSA) is 49.8 Å². The summed E-state index contributed by atoms with van der Waals surface area (Å²) >= 11 is 3.51. The molecule has 108 valence electrons. The molecule has 0 spiro atoms. The number of hydrogen-bond donors (Lipinski definition) is 1. The van der Waals surface area contributed by atoms with Crippen LogP contribution in [0.4, 0.5) is 0 Å². The van der Waals surface area contributed by atoms with Crippen molar-refractivity contribution in [2.24, 2.45) is 0 Å². The van der Waals surface area contributed by atoms with Crippen LogP contribution in [0.2, 0.25) is 0 Å². The van der Waals surface area contributed by atoms with Crippen molar-refractivity contribution in [3.8, 4) is 5.75 Å². The SMILES string of the molecule is CN1CC(Oc2ccc(C3(C(=O)O)CCC3)cc2Br)C1. The van der Waals surface area contributed by atoms with Crippen LogP contribution in [-0.4, -0.2) is 42.2 Å². The zero-order chi connectivity index (χ0) is 14.3. The molecule has 0 unspecified atom stereocenters. The van der Waals surface area contributed by atoms with Gasteiger partial charge in [-0.1, -0.05) is 12.5 Å². The van der Waals surface area contributed by atoms with E-state index in [-0.39, 0.29) is 6.10 Å². The van der Waals surface area contributed by atoms with Crippen LogP contribution < -0.4 is 4.74 Å². The highest BCUT2D eigenvalue weighted by Gasteiger charge is 2.46. The van der Waals surface area contributed by atoms with Crippen LogP contribution in [0.25, 0.3) is 0 Å². The highest BCUT2D eigenvalue weighted by atomic mass is 79.9. The Morgan fingerprint density at radius 1 is 1.45 bits per heavy atom. The van der Waals surface area contributed by atoms with Gasteiger partial charge in [-0.3, -0.25) is 9.69 Å². The average molecular weight is 340 g/mol. The van der Waals surface area contributed by atoms with Gasteiger partial charge < -0.3 is 9.84 Å². The van der Waals surface area contributed by atoms with Crippen molar-refractivity contribution in [3.05, 3.63) is 28.2 Å². The van der Waals surface area contributed by atoms with Gasteiger partial charge in [0, 0.05) is 13.1 Å². The van der Waals surface area contributed by atoms with Crippen LogP contribution in [0.5, 0.6) is 5.75 Å². The van der Waals surface area contributed by atoms with Crippen LogP contribution in [0.15, 0.2) is 22.7 Å². The van der Waals surface area contributed by atoms with E-state index in [1.165, 1.54) is 0 Å². The lowest BCUT2D eigenvalue weighted by molar-refractivity contribution is -0.147. The van der Waals surface area contributed by atoms with Gasteiger partial charge in [0.15, 0.2) is 0 Å². The Kier molecular flexibility index (Phi) is 3.50. The number of likely N-dealkylation sites (tertiary alicyclic amines) is 1. The van der Waals surface area contributed by atoms with Gasteiger partial charge in [0.1, 0.15) is 11.9 Å². The number of carbonyl (C=O) groups is 1. The van der Waals surface area contributed by atoms with Crippen LogP contribution in [-0.2, 0) is 10.2 Å². The fourth-order valence-electron chi connectivity index (χ4n) is 2.95. The molecule has 0 amide bonds. The minimum Gasteiger partial charge on any atom is -0.487 e. The molecule has 1 aliphatic heterocycles. The summed E-state index contributed by atoms with van der Waals surface area (Å²) in [5.74, 6) is 0.0802. The number of ether oxygens (including phenoxy) is 1. The molecule has 1 saturated heterocycles. The van der Waals surface area contributed by atoms with E-state index in [2.05, 4.69) is 27.9 Å². The van der Waals surface area contributed by atoms with E-state index in [1.54, 1.807) is 0 Å². The second-order valence-corrected chi connectivity index (χ2v) is 6.70. The molecule has 20 heavy (non-hydrogen) atoms. The lowest BCUT2D eigenvalue weighted by Gasteiger charge is -2.39. The second kappa shape index (κ2) is 5.04. The number of benzene rings is 1. The monoisotopic (exact) mass is 339 g/mol. The second-order valence-electron chi connectivity index (χ2n) is 5.85. The van der Waals surface area contributed by atoms with E-state index in [1.807, 2.05) is 18.2 Å². The van der Waals surface area contributed by atoms with Crippen molar-refractivity contribution in [3.63, 3.8) is 0 Å². The first-order chi connectivity index (χ1) is 9.51. The lowest BCUT2D eigenvalue weighted by atomic mass is 9.64. The Hall–Kier alpha value is -1.07. The minimum atomic E-state index is -0.718. The summed E-state index contributed by atoms with van der Waals surface area (Å²) in [4.78, 5) is 13.7. The summed E-state index contributed by atoms with van der Waals surface area (Å²) in [7, 11) is 2.06. The first-order valence-corrected chi connectivity index (χ1v) is 7.69. The zero-order valence-electron chi connectivity index (χ0n) is 11.4. The van der Waals surface area contributed by atoms with Gasteiger partial charge in [0.25, 0.3) is 0 Å². The van der Waals surface area contributed by atoms with E-state index in [0.29, 0.717) is 0 Å². The maximum Gasteiger partial charge on any atom is 0.314 e. The van der Waals surface area contributed by atoms with Gasteiger partial charge >= 0.3 is 5.97 Å². The van der Waals surface area contributed by atoms with Gasteiger partial charge in [-0.15, -0.1) is 0 Å².